The Kier molecular flexibility index (Phi) is 2.87. The van der Waals surface area contributed by atoms with Crippen molar-refractivity contribution < 1.29 is 5.11 Å². The lowest BCUT2D eigenvalue weighted by Crippen LogP contribution is -2.08. The molecule has 3 rings (SSSR count). The Hall–Kier alpha value is -2.07. The number of phenols is 1. The molecule has 0 amide bonds. The van der Waals surface area contributed by atoms with Crippen LogP contribution >= 0.6 is 11.3 Å². The molecule has 2 aromatic carbocycles. The van der Waals surface area contributed by atoms with Gasteiger partial charge in [-0.05, 0) is 30.3 Å². The van der Waals surface area contributed by atoms with Crippen LogP contribution in [-0.2, 0) is 0 Å². The predicted molar refractivity (Wildman–Crippen MR) is 81.0 cm³/mol. The highest BCUT2D eigenvalue weighted by Crippen LogP contribution is 2.37. The molecule has 0 spiro atoms. The second-order valence-electron chi connectivity index (χ2n) is 4.58. The molecule has 1 aromatic heterocycles. The van der Waals surface area contributed by atoms with Crippen molar-refractivity contribution in [1.82, 2.24) is 4.98 Å². The Morgan fingerprint density at radius 2 is 1.89 bits per heavy atom. The summed E-state index contributed by atoms with van der Waals surface area (Å²) >= 11 is 1.60. The molecule has 0 bridgehead atoms. The highest BCUT2D eigenvalue weighted by molar-refractivity contribution is 7.21. The molecule has 0 fully saturated rings. The van der Waals surface area contributed by atoms with E-state index in [2.05, 4.69) is 4.98 Å². The van der Waals surface area contributed by atoms with Crippen LogP contribution in [0.3, 0.4) is 0 Å². The van der Waals surface area contributed by atoms with E-state index in [0.717, 1.165) is 26.5 Å². The van der Waals surface area contributed by atoms with E-state index in [4.69, 9.17) is 0 Å². The zero-order chi connectivity index (χ0) is 13.4. The summed E-state index contributed by atoms with van der Waals surface area (Å²) in [6.07, 6.45) is 0. The van der Waals surface area contributed by atoms with Gasteiger partial charge in [0.25, 0.3) is 0 Å². The lowest BCUT2D eigenvalue weighted by Gasteiger charge is -2.13. The van der Waals surface area contributed by atoms with Crippen molar-refractivity contribution in [1.29, 1.82) is 0 Å². The summed E-state index contributed by atoms with van der Waals surface area (Å²) in [5, 5.41) is 10.9. The highest BCUT2D eigenvalue weighted by Gasteiger charge is 2.11. The third kappa shape index (κ3) is 2.15. The molecule has 0 radical (unpaired) electrons. The van der Waals surface area contributed by atoms with Crippen molar-refractivity contribution in [2.75, 3.05) is 19.0 Å². The number of nitrogens with zero attached hydrogens (tertiary/aromatic N) is 2. The fraction of sp³-hybridized carbons (Fsp3) is 0.133. The van der Waals surface area contributed by atoms with Crippen molar-refractivity contribution in [3.8, 4) is 16.3 Å². The Morgan fingerprint density at radius 3 is 2.63 bits per heavy atom. The second kappa shape index (κ2) is 4.55. The van der Waals surface area contributed by atoms with Crippen LogP contribution in [0.4, 0.5) is 5.69 Å². The third-order valence-electron chi connectivity index (χ3n) is 3.02. The van der Waals surface area contributed by atoms with E-state index in [0.29, 0.717) is 0 Å². The van der Waals surface area contributed by atoms with Crippen molar-refractivity contribution >= 4 is 27.2 Å². The number of thiazole rings is 1. The maximum absolute atomic E-state index is 10.0. The van der Waals surface area contributed by atoms with Crippen LogP contribution in [0.5, 0.6) is 5.75 Å². The van der Waals surface area contributed by atoms with Gasteiger partial charge in [0.2, 0.25) is 0 Å². The topological polar surface area (TPSA) is 36.4 Å². The molecule has 0 saturated carbocycles. The molecule has 0 aliphatic rings. The van der Waals surface area contributed by atoms with E-state index in [1.165, 1.54) is 0 Å². The zero-order valence-electron chi connectivity index (χ0n) is 10.8. The van der Waals surface area contributed by atoms with Gasteiger partial charge in [0.15, 0.2) is 0 Å². The van der Waals surface area contributed by atoms with Crippen molar-refractivity contribution in [3.05, 3.63) is 42.5 Å². The van der Waals surface area contributed by atoms with Crippen LogP contribution in [0.15, 0.2) is 42.5 Å². The van der Waals surface area contributed by atoms with E-state index >= 15 is 0 Å². The van der Waals surface area contributed by atoms with Gasteiger partial charge in [-0.2, -0.15) is 0 Å². The molecule has 3 nitrogen and oxygen atoms in total. The molecule has 19 heavy (non-hydrogen) atoms. The van der Waals surface area contributed by atoms with Gasteiger partial charge in [-0.25, -0.2) is 4.98 Å². The quantitative estimate of drug-likeness (QED) is 0.770. The van der Waals surface area contributed by atoms with Crippen molar-refractivity contribution in [3.63, 3.8) is 0 Å². The molecular formula is C15H14N2OS. The van der Waals surface area contributed by atoms with Crippen LogP contribution in [0.1, 0.15) is 0 Å². The van der Waals surface area contributed by atoms with Crippen LogP contribution in [0, 0.1) is 0 Å². The molecule has 0 aliphatic carbocycles. The molecule has 0 saturated heterocycles. The van der Waals surface area contributed by atoms with Crippen LogP contribution in [-0.4, -0.2) is 24.2 Å². The first-order valence-corrected chi connectivity index (χ1v) is 6.83. The first-order valence-electron chi connectivity index (χ1n) is 6.01. The maximum Gasteiger partial charge on any atom is 0.128 e. The minimum atomic E-state index is 0.268. The maximum atomic E-state index is 10.0. The number of para-hydroxylation sites is 1. The number of phenolic OH excluding ortho intramolecular Hbond substituents is 1. The summed E-state index contributed by atoms with van der Waals surface area (Å²) < 4.78 is 1.13. The van der Waals surface area contributed by atoms with E-state index in [1.807, 2.05) is 55.4 Å². The normalized spacial score (nSPS) is 10.8. The fourth-order valence-corrected chi connectivity index (χ4v) is 2.95. The van der Waals surface area contributed by atoms with Gasteiger partial charge in [0.1, 0.15) is 10.8 Å². The molecule has 3 aromatic rings. The average molecular weight is 270 g/mol. The largest absolute Gasteiger partial charge is 0.507 e. The first kappa shape index (κ1) is 12.0. The Bertz CT molecular complexity index is 701. The number of hydrogen-bond acceptors (Lipinski definition) is 4. The van der Waals surface area contributed by atoms with E-state index < -0.39 is 0 Å². The first-order chi connectivity index (χ1) is 9.15. The molecule has 1 N–H and O–H groups in total. The summed E-state index contributed by atoms with van der Waals surface area (Å²) in [6, 6.07) is 13.6. The summed E-state index contributed by atoms with van der Waals surface area (Å²) in [6.45, 7) is 0. The monoisotopic (exact) mass is 270 g/mol. The number of rotatable bonds is 2. The average Bonchev–Trinajstić information content (AvgIpc) is 2.82. The van der Waals surface area contributed by atoms with Gasteiger partial charge >= 0.3 is 0 Å². The molecule has 0 aliphatic heterocycles. The van der Waals surface area contributed by atoms with E-state index in [-0.39, 0.29) is 5.75 Å². The lowest BCUT2D eigenvalue weighted by atomic mass is 10.2. The number of anilines is 1. The Labute approximate surface area is 115 Å². The number of aromatic nitrogens is 1. The van der Waals surface area contributed by atoms with Gasteiger partial charge in [0.05, 0.1) is 15.8 Å². The minimum absolute atomic E-state index is 0.268. The minimum Gasteiger partial charge on any atom is -0.507 e. The van der Waals surface area contributed by atoms with Crippen molar-refractivity contribution in [2.24, 2.45) is 0 Å². The summed E-state index contributed by atoms with van der Waals surface area (Å²) in [5.74, 6) is 0.268. The number of aromatic hydroxyl groups is 1. The highest BCUT2D eigenvalue weighted by atomic mass is 32.1. The van der Waals surface area contributed by atoms with Gasteiger partial charge in [0, 0.05) is 19.8 Å². The third-order valence-corrected chi connectivity index (χ3v) is 4.09. The predicted octanol–water partition coefficient (Wildman–Crippen LogP) is 3.73. The van der Waals surface area contributed by atoms with Gasteiger partial charge < -0.3 is 10.0 Å². The van der Waals surface area contributed by atoms with Crippen LogP contribution < -0.4 is 4.90 Å². The number of hydrogen-bond donors (Lipinski definition) is 1. The molecule has 0 unspecified atom stereocenters. The lowest BCUT2D eigenvalue weighted by molar-refractivity contribution is 0.477. The van der Waals surface area contributed by atoms with Crippen molar-refractivity contribution in [2.45, 2.75) is 0 Å². The molecule has 1 heterocycles. The Balaban J connectivity index is 2.17. The summed E-state index contributed by atoms with van der Waals surface area (Å²) in [4.78, 5) is 6.59. The standard InChI is InChI=1S/C15H14N2OS/c1-17(2)10-7-8-13(18)11(9-10)15-16-12-5-3-4-6-14(12)19-15/h3-9,18H,1-2H3. The summed E-state index contributed by atoms with van der Waals surface area (Å²) in [5.41, 5.74) is 2.80. The number of fused-ring (bicyclic) bond motifs is 1. The van der Waals surface area contributed by atoms with E-state index in [9.17, 15) is 5.11 Å². The molecular weight excluding hydrogens is 256 g/mol. The van der Waals surface area contributed by atoms with Crippen LogP contribution in [0.25, 0.3) is 20.8 Å². The number of benzene rings is 2. The van der Waals surface area contributed by atoms with Crippen LogP contribution in [0.2, 0.25) is 0 Å². The van der Waals surface area contributed by atoms with Gasteiger partial charge in [-0.15, -0.1) is 11.3 Å². The second-order valence-corrected chi connectivity index (χ2v) is 5.61. The molecule has 4 heteroatoms. The molecule has 0 atom stereocenters. The Morgan fingerprint density at radius 1 is 1.11 bits per heavy atom. The zero-order valence-corrected chi connectivity index (χ0v) is 11.6. The SMILES string of the molecule is CN(C)c1ccc(O)c(-c2nc3ccccc3s2)c1. The van der Waals surface area contributed by atoms with Gasteiger partial charge in [-0.1, -0.05) is 12.1 Å². The smallest absolute Gasteiger partial charge is 0.128 e. The van der Waals surface area contributed by atoms with Gasteiger partial charge in [-0.3, -0.25) is 0 Å². The fourth-order valence-electron chi connectivity index (χ4n) is 1.96. The summed E-state index contributed by atoms with van der Waals surface area (Å²) in [7, 11) is 3.96. The molecule has 96 valence electrons. The van der Waals surface area contributed by atoms with E-state index in [1.54, 1.807) is 17.4 Å².